The molecule has 0 unspecified atom stereocenters. The highest BCUT2D eigenvalue weighted by molar-refractivity contribution is 7.80. The van der Waals surface area contributed by atoms with E-state index in [2.05, 4.69) is 4.18 Å². The first kappa shape index (κ1) is 8.16. The zero-order chi connectivity index (χ0) is 6.62. The highest BCUT2D eigenvalue weighted by Gasteiger charge is 2.00. The minimum atomic E-state index is -4.27. The summed E-state index contributed by atoms with van der Waals surface area (Å²) in [4.78, 5) is 0. The maximum Gasteiger partial charge on any atom is 0.397 e. The smallest absolute Gasteiger partial charge is 0.264 e. The predicted molar refractivity (Wildman–Crippen MR) is 28.2 cm³/mol. The maximum absolute atomic E-state index is 9.66. The van der Waals surface area contributed by atoms with Crippen molar-refractivity contribution in [3.8, 4) is 0 Å². The Morgan fingerprint density at radius 2 is 2.12 bits per heavy atom. The molecule has 1 N–H and O–H groups in total. The van der Waals surface area contributed by atoms with E-state index >= 15 is 0 Å². The van der Waals surface area contributed by atoms with Gasteiger partial charge in [-0.2, -0.15) is 8.42 Å². The number of hydrogen-bond acceptors (Lipinski definition) is 3. The lowest BCUT2D eigenvalue weighted by molar-refractivity contribution is 0.284. The van der Waals surface area contributed by atoms with Crippen molar-refractivity contribution in [2.75, 3.05) is 12.5 Å². The van der Waals surface area contributed by atoms with Crippen molar-refractivity contribution in [2.45, 2.75) is 0 Å². The van der Waals surface area contributed by atoms with Crippen LogP contribution < -0.4 is 0 Å². The van der Waals surface area contributed by atoms with Gasteiger partial charge in [0, 0.05) is 5.88 Å². The van der Waals surface area contributed by atoms with E-state index in [1.807, 2.05) is 0 Å². The van der Waals surface area contributed by atoms with Crippen molar-refractivity contribution in [3.05, 3.63) is 0 Å². The van der Waals surface area contributed by atoms with Gasteiger partial charge in [-0.3, -0.25) is 4.55 Å². The summed E-state index contributed by atoms with van der Waals surface area (Å²) < 4.78 is 30.9. The van der Waals surface area contributed by atoms with E-state index in [-0.39, 0.29) is 12.5 Å². The van der Waals surface area contributed by atoms with Crippen LogP contribution in [0.25, 0.3) is 0 Å². The second-order valence-corrected chi connectivity index (χ2v) is 2.41. The summed E-state index contributed by atoms with van der Waals surface area (Å²) in [5.74, 6) is 0.0415. The van der Waals surface area contributed by atoms with Gasteiger partial charge >= 0.3 is 10.4 Å². The Hall–Kier alpha value is 0.160. The summed E-state index contributed by atoms with van der Waals surface area (Å²) in [6, 6.07) is 0. The zero-order valence-electron chi connectivity index (χ0n) is 3.87. The molecule has 50 valence electrons. The molecule has 0 aromatic rings. The zero-order valence-corrected chi connectivity index (χ0v) is 5.44. The first-order valence-electron chi connectivity index (χ1n) is 1.74. The van der Waals surface area contributed by atoms with E-state index in [1.165, 1.54) is 0 Å². The van der Waals surface area contributed by atoms with E-state index in [9.17, 15) is 8.42 Å². The van der Waals surface area contributed by atoms with Crippen LogP contribution in [-0.4, -0.2) is 25.5 Å². The van der Waals surface area contributed by atoms with E-state index in [0.29, 0.717) is 0 Å². The Morgan fingerprint density at radius 3 is 2.25 bits per heavy atom. The van der Waals surface area contributed by atoms with Crippen LogP contribution in [-0.2, 0) is 14.6 Å². The number of rotatable bonds is 3. The molecular weight excluding hydrogens is 156 g/mol. The molecule has 0 rings (SSSR count). The summed E-state index contributed by atoms with van der Waals surface area (Å²) in [6.45, 7) is -0.194. The van der Waals surface area contributed by atoms with Crippen molar-refractivity contribution in [2.24, 2.45) is 0 Å². The van der Waals surface area contributed by atoms with Gasteiger partial charge in [-0.25, -0.2) is 4.18 Å². The van der Waals surface area contributed by atoms with Crippen LogP contribution in [0.3, 0.4) is 0 Å². The molecule has 0 aliphatic rings. The molecule has 0 aromatic heterocycles. The topological polar surface area (TPSA) is 63.6 Å². The highest BCUT2D eigenvalue weighted by Crippen LogP contribution is 1.85. The standard InChI is InChI=1S/C2H5ClO4S/c3-1-2-7-8(4,5)6/h1-2H2,(H,4,5,6). The number of alkyl halides is 1. The first-order valence-corrected chi connectivity index (χ1v) is 3.64. The summed E-state index contributed by atoms with van der Waals surface area (Å²) in [6.07, 6.45) is 0. The van der Waals surface area contributed by atoms with E-state index in [1.54, 1.807) is 0 Å². The van der Waals surface area contributed by atoms with Gasteiger partial charge < -0.3 is 0 Å². The van der Waals surface area contributed by atoms with Gasteiger partial charge in [-0.15, -0.1) is 11.6 Å². The molecule has 0 radical (unpaired) electrons. The second-order valence-electron chi connectivity index (χ2n) is 0.939. The normalized spacial score (nSPS) is 11.8. The molecule has 0 aliphatic carbocycles. The summed E-state index contributed by atoms with van der Waals surface area (Å²) in [5.41, 5.74) is 0. The molecule has 0 amide bonds. The number of halogens is 1. The molecule has 8 heavy (non-hydrogen) atoms. The quantitative estimate of drug-likeness (QED) is 0.468. The van der Waals surface area contributed by atoms with E-state index in [0.717, 1.165) is 0 Å². The van der Waals surface area contributed by atoms with Gasteiger partial charge in [0.1, 0.15) is 0 Å². The van der Waals surface area contributed by atoms with E-state index in [4.69, 9.17) is 16.2 Å². The van der Waals surface area contributed by atoms with Crippen molar-refractivity contribution in [1.82, 2.24) is 0 Å². The van der Waals surface area contributed by atoms with Gasteiger partial charge in [0.15, 0.2) is 0 Å². The van der Waals surface area contributed by atoms with Crippen molar-refractivity contribution < 1.29 is 17.2 Å². The second kappa shape index (κ2) is 3.24. The molecule has 0 bridgehead atoms. The Morgan fingerprint density at radius 1 is 1.62 bits per heavy atom. The first-order chi connectivity index (χ1) is 3.56. The van der Waals surface area contributed by atoms with Crippen LogP contribution >= 0.6 is 11.6 Å². The Bertz CT molecular complexity index is 138. The molecule has 0 fully saturated rings. The Labute approximate surface area is 52.4 Å². The molecule has 0 aromatic carbocycles. The third-order valence-corrected chi connectivity index (χ3v) is 0.928. The van der Waals surface area contributed by atoms with Crippen molar-refractivity contribution in [1.29, 1.82) is 0 Å². The molecule has 0 heterocycles. The predicted octanol–water partition coefficient (Wildman–Crippen LogP) is 0.0446. The van der Waals surface area contributed by atoms with Crippen LogP contribution in [0.1, 0.15) is 0 Å². The van der Waals surface area contributed by atoms with Crippen LogP contribution in [0.2, 0.25) is 0 Å². The molecule has 0 aliphatic heterocycles. The fraction of sp³-hybridized carbons (Fsp3) is 1.00. The lowest BCUT2D eigenvalue weighted by Gasteiger charge is -1.91. The molecule has 4 nitrogen and oxygen atoms in total. The van der Waals surface area contributed by atoms with Crippen molar-refractivity contribution >= 4 is 22.0 Å². The third-order valence-electron chi connectivity index (χ3n) is 0.309. The van der Waals surface area contributed by atoms with Gasteiger partial charge in [0.05, 0.1) is 6.61 Å². The van der Waals surface area contributed by atoms with Crippen LogP contribution in [0.4, 0.5) is 0 Å². The molecular formula is C2H5ClO4S. The van der Waals surface area contributed by atoms with Crippen LogP contribution in [0, 0.1) is 0 Å². The Balaban J connectivity index is 3.42. The lowest BCUT2D eigenvalue weighted by Crippen LogP contribution is -2.05. The fourth-order valence-electron chi connectivity index (χ4n) is 0.137. The average molecular weight is 161 g/mol. The average Bonchev–Trinajstić information content (AvgIpc) is 1.59. The van der Waals surface area contributed by atoms with Crippen LogP contribution in [0.5, 0.6) is 0 Å². The monoisotopic (exact) mass is 160 g/mol. The molecule has 6 heteroatoms. The maximum atomic E-state index is 9.66. The van der Waals surface area contributed by atoms with Gasteiger partial charge in [0.25, 0.3) is 0 Å². The molecule has 0 spiro atoms. The fourth-order valence-corrected chi connectivity index (χ4v) is 0.599. The minimum absolute atomic E-state index is 0.0415. The summed E-state index contributed by atoms with van der Waals surface area (Å²) >= 11 is 5.01. The van der Waals surface area contributed by atoms with Gasteiger partial charge in [0.2, 0.25) is 0 Å². The SMILES string of the molecule is O=S(=O)(O)OCCCl. The largest absolute Gasteiger partial charge is 0.397 e. The minimum Gasteiger partial charge on any atom is -0.264 e. The van der Waals surface area contributed by atoms with Crippen LogP contribution in [0.15, 0.2) is 0 Å². The number of hydrogen-bond donors (Lipinski definition) is 1. The van der Waals surface area contributed by atoms with Gasteiger partial charge in [-0.05, 0) is 0 Å². The summed E-state index contributed by atoms with van der Waals surface area (Å²) in [7, 11) is -4.27. The molecule has 0 saturated heterocycles. The molecule has 0 saturated carbocycles. The van der Waals surface area contributed by atoms with E-state index < -0.39 is 10.4 Å². The molecule has 0 atom stereocenters. The highest BCUT2D eigenvalue weighted by atomic mass is 35.5. The van der Waals surface area contributed by atoms with Crippen molar-refractivity contribution in [3.63, 3.8) is 0 Å². The summed E-state index contributed by atoms with van der Waals surface area (Å²) in [5, 5.41) is 0. The third kappa shape index (κ3) is 6.16. The Kier molecular flexibility index (Phi) is 3.30. The lowest BCUT2D eigenvalue weighted by atomic mass is 10.9. The van der Waals surface area contributed by atoms with Gasteiger partial charge in [-0.1, -0.05) is 0 Å².